The van der Waals surface area contributed by atoms with Crippen LogP contribution in [0, 0.1) is 6.92 Å². The molecule has 0 bridgehead atoms. The van der Waals surface area contributed by atoms with Gasteiger partial charge in [-0.15, -0.1) is 0 Å². The number of methoxy groups -OCH3 is 1. The fourth-order valence-electron chi connectivity index (χ4n) is 2.01. The molecule has 1 aliphatic carbocycles. The summed E-state index contributed by atoms with van der Waals surface area (Å²) in [6.07, 6.45) is 2.37. The summed E-state index contributed by atoms with van der Waals surface area (Å²) in [7, 11) is 1.72. The van der Waals surface area contributed by atoms with Crippen LogP contribution in [0.15, 0.2) is 10.5 Å². The summed E-state index contributed by atoms with van der Waals surface area (Å²) >= 11 is 0. The van der Waals surface area contributed by atoms with E-state index in [-0.39, 0.29) is 5.56 Å². The molecule has 1 heterocycles. The lowest BCUT2D eigenvalue weighted by Gasteiger charge is -2.34. The second kappa shape index (κ2) is 4.89. The van der Waals surface area contributed by atoms with Gasteiger partial charge < -0.3 is 19.6 Å². The van der Waals surface area contributed by atoms with Crippen LogP contribution >= 0.6 is 0 Å². The quantitative estimate of drug-likeness (QED) is 0.815. The summed E-state index contributed by atoms with van der Waals surface area (Å²) in [5.74, 6) is 0.180. The summed E-state index contributed by atoms with van der Waals surface area (Å²) in [6, 6.07) is 2.02. The maximum absolute atomic E-state index is 10.8. The van der Waals surface area contributed by atoms with Crippen molar-refractivity contribution < 1.29 is 19.1 Å². The van der Waals surface area contributed by atoms with Crippen molar-refractivity contribution in [1.82, 2.24) is 5.32 Å². The molecule has 0 saturated heterocycles. The van der Waals surface area contributed by atoms with E-state index in [9.17, 15) is 4.79 Å². The van der Waals surface area contributed by atoms with E-state index in [1.807, 2.05) is 0 Å². The van der Waals surface area contributed by atoms with E-state index in [1.165, 1.54) is 0 Å². The second-order valence-electron chi connectivity index (χ2n) is 4.39. The molecule has 2 N–H and O–H groups in total. The monoisotopic (exact) mass is 239 g/mol. The van der Waals surface area contributed by atoms with Gasteiger partial charge in [-0.2, -0.15) is 0 Å². The van der Waals surface area contributed by atoms with Gasteiger partial charge in [-0.25, -0.2) is 4.79 Å². The molecule has 1 aliphatic rings. The molecular weight excluding hydrogens is 222 g/mol. The van der Waals surface area contributed by atoms with E-state index < -0.39 is 5.97 Å². The minimum Gasteiger partial charge on any atom is -0.478 e. The standard InChI is InChI=1S/C12H17NO4/c1-7-11(12(14)15)5-10(17-7)6-13-8-3-9(4-8)16-2/h5,8-9,13H,3-4,6H2,1-2H3,(H,14,15). The third kappa shape index (κ3) is 2.68. The van der Waals surface area contributed by atoms with Gasteiger partial charge in [0, 0.05) is 13.2 Å². The topological polar surface area (TPSA) is 71.7 Å². The van der Waals surface area contributed by atoms with E-state index in [1.54, 1.807) is 20.1 Å². The molecule has 0 spiro atoms. The Hall–Kier alpha value is -1.33. The third-order valence-electron chi connectivity index (χ3n) is 3.19. The summed E-state index contributed by atoms with van der Waals surface area (Å²) < 4.78 is 10.6. The van der Waals surface area contributed by atoms with Crippen LogP contribution in [0.3, 0.4) is 0 Å². The number of hydrogen-bond donors (Lipinski definition) is 2. The van der Waals surface area contributed by atoms with Crippen LogP contribution in [0.1, 0.15) is 34.7 Å². The maximum Gasteiger partial charge on any atom is 0.339 e. The van der Waals surface area contributed by atoms with Crippen LogP contribution in [-0.2, 0) is 11.3 Å². The Kier molecular flexibility index (Phi) is 3.49. The molecule has 0 aliphatic heterocycles. The smallest absolute Gasteiger partial charge is 0.339 e. The molecule has 1 saturated carbocycles. The van der Waals surface area contributed by atoms with Crippen molar-refractivity contribution in [2.24, 2.45) is 0 Å². The second-order valence-corrected chi connectivity index (χ2v) is 4.39. The van der Waals surface area contributed by atoms with Crippen molar-refractivity contribution in [3.05, 3.63) is 23.2 Å². The molecule has 17 heavy (non-hydrogen) atoms. The highest BCUT2D eigenvalue weighted by molar-refractivity contribution is 5.88. The first-order valence-corrected chi connectivity index (χ1v) is 5.69. The van der Waals surface area contributed by atoms with Crippen LogP contribution in [0.5, 0.6) is 0 Å². The number of hydrogen-bond acceptors (Lipinski definition) is 4. The van der Waals surface area contributed by atoms with Gasteiger partial charge >= 0.3 is 5.97 Å². The molecule has 0 amide bonds. The van der Waals surface area contributed by atoms with Gasteiger partial charge in [0.1, 0.15) is 17.1 Å². The average Bonchev–Trinajstić information content (AvgIpc) is 2.58. The molecule has 94 valence electrons. The summed E-state index contributed by atoms with van der Waals surface area (Å²) in [4.78, 5) is 10.8. The normalized spacial score (nSPS) is 23.4. The van der Waals surface area contributed by atoms with Crippen LogP contribution in [-0.4, -0.2) is 30.3 Å². The zero-order valence-electron chi connectivity index (χ0n) is 10.0. The summed E-state index contributed by atoms with van der Waals surface area (Å²) in [6.45, 7) is 2.23. The fraction of sp³-hybridized carbons (Fsp3) is 0.583. The molecule has 2 rings (SSSR count). The first-order valence-electron chi connectivity index (χ1n) is 5.69. The van der Waals surface area contributed by atoms with Gasteiger partial charge in [0.25, 0.3) is 0 Å². The molecular formula is C12H17NO4. The highest BCUT2D eigenvalue weighted by atomic mass is 16.5. The van der Waals surface area contributed by atoms with E-state index in [0.29, 0.717) is 30.2 Å². The van der Waals surface area contributed by atoms with Crippen molar-refractivity contribution in [3.63, 3.8) is 0 Å². The Morgan fingerprint density at radius 2 is 2.35 bits per heavy atom. The van der Waals surface area contributed by atoms with E-state index in [2.05, 4.69) is 5.32 Å². The number of aromatic carboxylic acids is 1. The number of rotatable bonds is 5. The van der Waals surface area contributed by atoms with E-state index >= 15 is 0 Å². The largest absolute Gasteiger partial charge is 0.478 e. The molecule has 5 nitrogen and oxygen atoms in total. The van der Waals surface area contributed by atoms with Gasteiger partial charge in [-0.3, -0.25) is 0 Å². The maximum atomic E-state index is 10.8. The van der Waals surface area contributed by atoms with E-state index in [4.69, 9.17) is 14.3 Å². The Bertz CT molecular complexity index is 407. The van der Waals surface area contributed by atoms with Gasteiger partial charge in [0.15, 0.2) is 0 Å². The molecule has 5 heteroatoms. The molecule has 1 aromatic heterocycles. The lowest BCUT2D eigenvalue weighted by molar-refractivity contribution is 0.0165. The van der Waals surface area contributed by atoms with Crippen molar-refractivity contribution in [3.8, 4) is 0 Å². The van der Waals surface area contributed by atoms with Gasteiger partial charge in [-0.1, -0.05) is 0 Å². The van der Waals surface area contributed by atoms with Gasteiger partial charge in [0.2, 0.25) is 0 Å². The van der Waals surface area contributed by atoms with Crippen LogP contribution < -0.4 is 5.32 Å². The lowest BCUT2D eigenvalue weighted by atomic mass is 9.89. The average molecular weight is 239 g/mol. The molecule has 0 atom stereocenters. The predicted octanol–water partition coefficient (Wildman–Crippen LogP) is 1.55. The Labute approximate surface area is 99.8 Å². The van der Waals surface area contributed by atoms with Crippen molar-refractivity contribution in [1.29, 1.82) is 0 Å². The third-order valence-corrected chi connectivity index (χ3v) is 3.19. The van der Waals surface area contributed by atoms with Gasteiger partial charge in [0.05, 0.1) is 12.6 Å². The molecule has 0 aromatic carbocycles. The first-order chi connectivity index (χ1) is 8.10. The molecule has 0 unspecified atom stereocenters. The van der Waals surface area contributed by atoms with E-state index in [0.717, 1.165) is 12.8 Å². The summed E-state index contributed by atoms with van der Waals surface area (Å²) in [5.41, 5.74) is 0.241. The van der Waals surface area contributed by atoms with Crippen LogP contribution in [0.25, 0.3) is 0 Å². The number of carboxylic acids is 1. The zero-order chi connectivity index (χ0) is 12.4. The fourth-order valence-corrected chi connectivity index (χ4v) is 2.01. The first kappa shape index (κ1) is 12.1. The Morgan fingerprint density at radius 3 is 2.88 bits per heavy atom. The number of aryl methyl sites for hydroxylation is 1. The highest BCUT2D eigenvalue weighted by Gasteiger charge is 2.28. The van der Waals surface area contributed by atoms with Crippen molar-refractivity contribution in [2.75, 3.05) is 7.11 Å². The number of furan rings is 1. The van der Waals surface area contributed by atoms with Crippen molar-refractivity contribution >= 4 is 5.97 Å². The Morgan fingerprint density at radius 1 is 1.65 bits per heavy atom. The minimum atomic E-state index is -0.944. The molecule has 0 radical (unpaired) electrons. The minimum absolute atomic E-state index is 0.241. The number of carboxylic acid groups (broad SMARTS) is 1. The Balaban J connectivity index is 1.84. The molecule has 1 aromatic rings. The summed E-state index contributed by atoms with van der Waals surface area (Å²) in [5, 5.41) is 12.2. The number of nitrogens with one attached hydrogen (secondary N) is 1. The van der Waals surface area contributed by atoms with Crippen LogP contribution in [0.4, 0.5) is 0 Å². The lowest BCUT2D eigenvalue weighted by Crippen LogP contribution is -2.44. The molecule has 1 fully saturated rings. The number of ether oxygens (including phenoxy) is 1. The highest BCUT2D eigenvalue weighted by Crippen LogP contribution is 2.23. The zero-order valence-corrected chi connectivity index (χ0v) is 10.0. The SMILES string of the molecule is COC1CC(NCc2cc(C(=O)O)c(C)o2)C1. The predicted molar refractivity (Wildman–Crippen MR) is 61.1 cm³/mol. The van der Waals surface area contributed by atoms with Crippen LogP contribution in [0.2, 0.25) is 0 Å². The van der Waals surface area contributed by atoms with Crippen molar-refractivity contribution in [2.45, 2.75) is 38.5 Å². The number of carbonyl (C=O) groups is 1. The van der Waals surface area contributed by atoms with Gasteiger partial charge in [-0.05, 0) is 25.8 Å².